The monoisotopic (exact) mass is 311 g/mol. The highest BCUT2D eigenvalue weighted by Gasteiger charge is 2.05. The van der Waals surface area contributed by atoms with E-state index in [1.54, 1.807) is 25.3 Å². The van der Waals surface area contributed by atoms with Crippen molar-refractivity contribution in [3.05, 3.63) is 53.6 Å². The third-order valence-electron chi connectivity index (χ3n) is 3.36. The Morgan fingerprint density at radius 3 is 2.35 bits per heavy atom. The number of benzene rings is 2. The Hall–Kier alpha value is -2.67. The van der Waals surface area contributed by atoms with Crippen LogP contribution in [0, 0.1) is 11.3 Å². The van der Waals surface area contributed by atoms with Crippen LogP contribution in [-0.4, -0.2) is 20.3 Å². The summed E-state index contributed by atoms with van der Waals surface area (Å²) in [5.74, 6) is 1.99. The predicted octanol–water partition coefficient (Wildman–Crippen LogP) is 3.98. The molecule has 0 heterocycles. The van der Waals surface area contributed by atoms with Gasteiger partial charge in [-0.1, -0.05) is 25.5 Å². The van der Waals surface area contributed by atoms with Crippen molar-refractivity contribution in [2.75, 3.05) is 20.3 Å². The molecule has 4 heteroatoms. The van der Waals surface area contributed by atoms with E-state index in [2.05, 4.69) is 25.1 Å². The highest BCUT2D eigenvalue weighted by Crippen LogP contribution is 2.27. The van der Waals surface area contributed by atoms with E-state index in [1.165, 1.54) is 5.56 Å². The molecule has 0 N–H and O–H groups in total. The highest BCUT2D eigenvalue weighted by molar-refractivity contribution is 5.46. The number of nitrogens with zero attached hydrogens (tertiary/aromatic N) is 1. The molecule has 0 aliphatic carbocycles. The molecule has 120 valence electrons. The molecule has 0 aromatic heterocycles. The lowest BCUT2D eigenvalue weighted by atomic mass is 10.1. The number of methoxy groups -OCH3 is 1. The molecule has 0 aliphatic heterocycles. The normalized spacial score (nSPS) is 9.96. The Balaban J connectivity index is 1.82. The van der Waals surface area contributed by atoms with Crippen molar-refractivity contribution < 1.29 is 14.2 Å². The zero-order valence-electron chi connectivity index (χ0n) is 13.5. The first kappa shape index (κ1) is 16.7. The smallest absolute Gasteiger partial charge is 0.162 e. The molecular weight excluding hydrogens is 290 g/mol. The Labute approximate surface area is 137 Å². The van der Waals surface area contributed by atoms with E-state index >= 15 is 0 Å². The second-order valence-corrected chi connectivity index (χ2v) is 5.07. The molecule has 2 rings (SSSR count). The van der Waals surface area contributed by atoms with Crippen LogP contribution in [0.1, 0.15) is 24.5 Å². The molecule has 0 amide bonds. The van der Waals surface area contributed by atoms with Crippen molar-refractivity contribution >= 4 is 0 Å². The van der Waals surface area contributed by atoms with E-state index in [0.717, 1.165) is 18.6 Å². The van der Waals surface area contributed by atoms with Crippen molar-refractivity contribution in [2.24, 2.45) is 0 Å². The molecular formula is C19H21NO3. The molecule has 0 saturated carbocycles. The van der Waals surface area contributed by atoms with E-state index in [0.29, 0.717) is 30.3 Å². The number of hydrogen-bond donors (Lipinski definition) is 0. The standard InChI is InChI=1S/C19H21NO3/c1-3-4-15-5-8-17(9-6-15)22-11-12-23-18-10-7-16(14-20)13-19(18)21-2/h5-10,13H,3-4,11-12H2,1-2H3. The summed E-state index contributed by atoms with van der Waals surface area (Å²) in [5.41, 5.74) is 1.86. The van der Waals surface area contributed by atoms with Gasteiger partial charge in [0.1, 0.15) is 19.0 Å². The topological polar surface area (TPSA) is 51.5 Å². The lowest BCUT2D eigenvalue weighted by Gasteiger charge is -2.11. The molecule has 23 heavy (non-hydrogen) atoms. The summed E-state index contributed by atoms with van der Waals surface area (Å²) in [4.78, 5) is 0. The molecule has 0 spiro atoms. The lowest BCUT2D eigenvalue weighted by molar-refractivity contribution is 0.211. The number of hydrogen-bond acceptors (Lipinski definition) is 4. The van der Waals surface area contributed by atoms with Crippen LogP contribution in [0.15, 0.2) is 42.5 Å². The first-order valence-corrected chi connectivity index (χ1v) is 7.69. The molecule has 4 nitrogen and oxygen atoms in total. The summed E-state index contributed by atoms with van der Waals surface area (Å²) in [6, 6.07) is 15.3. The molecule has 0 fully saturated rings. The van der Waals surface area contributed by atoms with Gasteiger partial charge in [0.15, 0.2) is 11.5 Å². The van der Waals surface area contributed by atoms with Crippen LogP contribution in [0.4, 0.5) is 0 Å². The summed E-state index contributed by atoms with van der Waals surface area (Å²) < 4.78 is 16.5. The summed E-state index contributed by atoms with van der Waals surface area (Å²) in [7, 11) is 1.55. The van der Waals surface area contributed by atoms with Gasteiger partial charge in [0.25, 0.3) is 0 Å². The van der Waals surface area contributed by atoms with Crippen LogP contribution in [-0.2, 0) is 6.42 Å². The van der Waals surface area contributed by atoms with Crippen molar-refractivity contribution in [1.82, 2.24) is 0 Å². The quantitative estimate of drug-likeness (QED) is 0.692. The Bertz CT molecular complexity index is 659. The maximum absolute atomic E-state index is 8.88. The maximum atomic E-state index is 8.88. The SMILES string of the molecule is CCCc1ccc(OCCOc2ccc(C#N)cc2OC)cc1. The van der Waals surface area contributed by atoms with Gasteiger partial charge in [-0.2, -0.15) is 5.26 Å². The number of aryl methyl sites for hydroxylation is 1. The van der Waals surface area contributed by atoms with Crippen LogP contribution in [0.2, 0.25) is 0 Å². The van der Waals surface area contributed by atoms with E-state index in [4.69, 9.17) is 19.5 Å². The van der Waals surface area contributed by atoms with Gasteiger partial charge in [0.2, 0.25) is 0 Å². The largest absolute Gasteiger partial charge is 0.493 e. The number of ether oxygens (including phenoxy) is 3. The number of nitriles is 1. The van der Waals surface area contributed by atoms with Crippen molar-refractivity contribution in [3.8, 4) is 23.3 Å². The van der Waals surface area contributed by atoms with Crippen LogP contribution in [0.3, 0.4) is 0 Å². The van der Waals surface area contributed by atoms with Crippen LogP contribution >= 0.6 is 0 Å². The van der Waals surface area contributed by atoms with Crippen molar-refractivity contribution in [1.29, 1.82) is 5.26 Å². The Morgan fingerprint density at radius 2 is 1.70 bits per heavy atom. The zero-order valence-corrected chi connectivity index (χ0v) is 13.5. The average molecular weight is 311 g/mol. The molecule has 0 bridgehead atoms. The van der Waals surface area contributed by atoms with Gasteiger partial charge in [0.05, 0.1) is 18.7 Å². The Kier molecular flexibility index (Phi) is 6.31. The van der Waals surface area contributed by atoms with Gasteiger partial charge >= 0.3 is 0 Å². The first-order valence-electron chi connectivity index (χ1n) is 7.69. The minimum Gasteiger partial charge on any atom is -0.493 e. The summed E-state index contributed by atoms with van der Waals surface area (Å²) in [6.45, 7) is 3.01. The van der Waals surface area contributed by atoms with Gasteiger partial charge in [-0.05, 0) is 36.2 Å². The minimum absolute atomic E-state index is 0.402. The fourth-order valence-corrected chi connectivity index (χ4v) is 2.21. The zero-order chi connectivity index (χ0) is 16.5. The van der Waals surface area contributed by atoms with Crippen LogP contribution in [0.5, 0.6) is 17.2 Å². The second-order valence-electron chi connectivity index (χ2n) is 5.07. The lowest BCUT2D eigenvalue weighted by Crippen LogP contribution is -2.09. The van der Waals surface area contributed by atoms with E-state index in [9.17, 15) is 0 Å². The van der Waals surface area contributed by atoms with Gasteiger partial charge < -0.3 is 14.2 Å². The number of rotatable bonds is 8. The van der Waals surface area contributed by atoms with E-state index in [-0.39, 0.29) is 0 Å². The fraction of sp³-hybridized carbons (Fsp3) is 0.316. The van der Waals surface area contributed by atoms with Gasteiger partial charge in [0, 0.05) is 6.07 Å². The first-order chi connectivity index (χ1) is 11.3. The summed E-state index contributed by atoms with van der Waals surface area (Å²) in [6.07, 6.45) is 2.22. The molecule has 0 radical (unpaired) electrons. The average Bonchev–Trinajstić information content (AvgIpc) is 2.60. The van der Waals surface area contributed by atoms with Crippen molar-refractivity contribution in [2.45, 2.75) is 19.8 Å². The van der Waals surface area contributed by atoms with Gasteiger partial charge in [-0.25, -0.2) is 0 Å². The van der Waals surface area contributed by atoms with E-state index < -0.39 is 0 Å². The minimum atomic E-state index is 0.402. The molecule has 0 saturated heterocycles. The molecule has 2 aromatic rings. The highest BCUT2D eigenvalue weighted by atomic mass is 16.5. The Morgan fingerprint density at radius 1 is 0.957 bits per heavy atom. The predicted molar refractivity (Wildman–Crippen MR) is 89.1 cm³/mol. The van der Waals surface area contributed by atoms with E-state index in [1.807, 2.05) is 12.1 Å². The second kappa shape index (κ2) is 8.70. The molecule has 2 aromatic carbocycles. The third kappa shape index (κ3) is 4.93. The van der Waals surface area contributed by atoms with Gasteiger partial charge in [-0.15, -0.1) is 0 Å². The maximum Gasteiger partial charge on any atom is 0.162 e. The van der Waals surface area contributed by atoms with Crippen LogP contribution in [0.25, 0.3) is 0 Å². The van der Waals surface area contributed by atoms with Crippen LogP contribution < -0.4 is 14.2 Å². The third-order valence-corrected chi connectivity index (χ3v) is 3.36. The fourth-order valence-electron chi connectivity index (χ4n) is 2.21. The molecule has 0 unspecified atom stereocenters. The van der Waals surface area contributed by atoms with Crippen molar-refractivity contribution in [3.63, 3.8) is 0 Å². The summed E-state index contributed by atoms with van der Waals surface area (Å²) >= 11 is 0. The van der Waals surface area contributed by atoms with Gasteiger partial charge in [-0.3, -0.25) is 0 Å². The molecule has 0 atom stereocenters. The summed E-state index contributed by atoms with van der Waals surface area (Å²) in [5, 5.41) is 8.88. The molecule has 0 aliphatic rings.